The Kier molecular flexibility index (Phi) is 4.99. The first-order chi connectivity index (χ1) is 9.68. The molecule has 0 radical (unpaired) electrons. The summed E-state index contributed by atoms with van der Waals surface area (Å²) in [6, 6.07) is 7.01. The van der Waals surface area contributed by atoms with Crippen LogP contribution in [0.4, 0.5) is 13.2 Å². The van der Waals surface area contributed by atoms with Crippen LogP contribution in [0, 0.1) is 0 Å². The molecule has 1 aromatic carbocycles. The zero-order valence-electron chi connectivity index (χ0n) is 11.0. The van der Waals surface area contributed by atoms with Crippen molar-refractivity contribution in [3.05, 3.63) is 35.4 Å². The van der Waals surface area contributed by atoms with Crippen LogP contribution < -0.4 is 4.72 Å². The number of benzene rings is 1. The summed E-state index contributed by atoms with van der Waals surface area (Å²) in [6.07, 6.45) is -5.16. The van der Waals surface area contributed by atoms with Crippen LogP contribution in [-0.4, -0.2) is 25.2 Å². The molecule has 8 heteroatoms. The lowest BCUT2D eigenvalue weighted by molar-refractivity contribution is -0.134. The quantitative estimate of drug-likeness (QED) is 0.790. The third-order valence-electron chi connectivity index (χ3n) is 3.35. The number of hydrogen-bond acceptors (Lipinski definition) is 2. The van der Waals surface area contributed by atoms with Gasteiger partial charge in [0.1, 0.15) is 0 Å². The highest BCUT2D eigenvalue weighted by atomic mass is 79.9. The van der Waals surface area contributed by atoms with Gasteiger partial charge < -0.3 is 0 Å². The van der Waals surface area contributed by atoms with E-state index in [0.29, 0.717) is 6.42 Å². The van der Waals surface area contributed by atoms with Crippen molar-refractivity contribution in [2.75, 3.05) is 5.75 Å². The summed E-state index contributed by atoms with van der Waals surface area (Å²) in [5.41, 5.74) is 1.92. The maximum atomic E-state index is 12.1. The molecule has 0 aliphatic heterocycles. The number of hydrogen-bond donors (Lipinski definition) is 1. The minimum Gasteiger partial charge on any atom is -0.212 e. The van der Waals surface area contributed by atoms with E-state index in [1.807, 2.05) is 24.3 Å². The molecule has 1 aliphatic carbocycles. The lowest BCUT2D eigenvalue weighted by Gasteiger charge is -2.18. The lowest BCUT2D eigenvalue weighted by atomic mass is 10.1. The van der Waals surface area contributed by atoms with Crippen LogP contribution >= 0.6 is 15.9 Å². The van der Waals surface area contributed by atoms with Crippen molar-refractivity contribution in [3.63, 3.8) is 0 Å². The van der Waals surface area contributed by atoms with E-state index in [9.17, 15) is 21.6 Å². The Labute approximate surface area is 130 Å². The van der Waals surface area contributed by atoms with Crippen molar-refractivity contribution in [3.8, 4) is 0 Å². The van der Waals surface area contributed by atoms with Gasteiger partial charge in [-0.15, -0.1) is 0 Å². The van der Waals surface area contributed by atoms with Gasteiger partial charge in [-0.2, -0.15) is 13.2 Å². The van der Waals surface area contributed by atoms with Crippen molar-refractivity contribution >= 4 is 26.0 Å². The number of nitrogens with one attached hydrogen (secondary N) is 1. The molecule has 1 aliphatic rings. The van der Waals surface area contributed by atoms with Gasteiger partial charge in [0.25, 0.3) is 0 Å². The van der Waals surface area contributed by atoms with Crippen LogP contribution in [0.5, 0.6) is 0 Å². The fourth-order valence-corrected chi connectivity index (χ4v) is 4.66. The fourth-order valence-electron chi connectivity index (χ4n) is 2.40. The summed E-state index contributed by atoms with van der Waals surface area (Å²) in [5, 5.41) is 0. The van der Waals surface area contributed by atoms with E-state index < -0.39 is 40.8 Å². The largest absolute Gasteiger partial charge is 0.389 e. The standard InChI is InChI=1S/C13H15BrF3NO2S/c14-11-8-9-4-1-2-5-10(9)12(11)18-21(19,20)7-3-6-13(15,16)17/h1-2,4-5,11-12,18H,3,6-8H2. The van der Waals surface area contributed by atoms with Crippen LogP contribution in [0.15, 0.2) is 24.3 Å². The van der Waals surface area contributed by atoms with Gasteiger partial charge in [-0.25, -0.2) is 13.1 Å². The number of rotatable bonds is 5. The lowest BCUT2D eigenvalue weighted by Crippen LogP contribution is -2.33. The summed E-state index contributed by atoms with van der Waals surface area (Å²) in [5.74, 6) is -0.523. The first kappa shape index (κ1) is 16.8. The molecule has 1 aromatic rings. The van der Waals surface area contributed by atoms with Crippen molar-refractivity contribution < 1.29 is 21.6 Å². The molecule has 0 heterocycles. The van der Waals surface area contributed by atoms with E-state index in [4.69, 9.17) is 0 Å². The predicted octanol–water partition coefficient (Wildman–Crippen LogP) is 3.31. The van der Waals surface area contributed by atoms with Crippen LogP contribution in [-0.2, 0) is 16.4 Å². The van der Waals surface area contributed by atoms with Crippen LogP contribution in [0.1, 0.15) is 30.0 Å². The molecule has 0 saturated carbocycles. The second-order valence-electron chi connectivity index (χ2n) is 5.05. The SMILES string of the molecule is O=S(=O)(CCCC(F)(F)F)NC1c2ccccc2CC1Br. The Hall–Kier alpha value is -0.600. The summed E-state index contributed by atoms with van der Waals surface area (Å²) >= 11 is 3.43. The molecule has 0 spiro atoms. The highest BCUT2D eigenvalue weighted by Gasteiger charge is 2.34. The molecule has 0 bridgehead atoms. The van der Waals surface area contributed by atoms with E-state index in [-0.39, 0.29) is 4.83 Å². The Balaban J connectivity index is 2.00. The van der Waals surface area contributed by atoms with E-state index in [2.05, 4.69) is 20.7 Å². The van der Waals surface area contributed by atoms with Gasteiger partial charge in [0, 0.05) is 11.2 Å². The molecule has 2 atom stereocenters. The topological polar surface area (TPSA) is 46.2 Å². The average molecular weight is 386 g/mol. The average Bonchev–Trinajstić information content (AvgIpc) is 2.64. The van der Waals surface area contributed by atoms with Crippen LogP contribution in [0.3, 0.4) is 0 Å². The van der Waals surface area contributed by atoms with Crippen molar-refractivity contribution in [2.24, 2.45) is 0 Å². The molecule has 118 valence electrons. The second kappa shape index (κ2) is 6.26. The second-order valence-corrected chi connectivity index (χ2v) is 8.10. The molecule has 0 saturated heterocycles. The van der Waals surface area contributed by atoms with Gasteiger partial charge in [-0.1, -0.05) is 40.2 Å². The third-order valence-corrected chi connectivity index (χ3v) is 5.64. The zero-order valence-corrected chi connectivity index (χ0v) is 13.4. The number of fused-ring (bicyclic) bond motifs is 1. The zero-order chi connectivity index (χ0) is 15.7. The molecule has 2 unspecified atom stereocenters. The van der Waals surface area contributed by atoms with Gasteiger partial charge in [-0.3, -0.25) is 0 Å². The minimum absolute atomic E-state index is 0.0905. The van der Waals surface area contributed by atoms with Crippen molar-refractivity contribution in [2.45, 2.75) is 36.3 Å². The van der Waals surface area contributed by atoms with Gasteiger partial charge in [-0.05, 0) is 24.0 Å². The molecular weight excluding hydrogens is 371 g/mol. The smallest absolute Gasteiger partial charge is 0.212 e. The van der Waals surface area contributed by atoms with Crippen LogP contribution in [0.25, 0.3) is 0 Å². The Morgan fingerprint density at radius 1 is 1.29 bits per heavy atom. The molecule has 21 heavy (non-hydrogen) atoms. The summed E-state index contributed by atoms with van der Waals surface area (Å²) in [7, 11) is -3.74. The number of sulfonamides is 1. The fraction of sp³-hybridized carbons (Fsp3) is 0.538. The molecule has 0 fully saturated rings. The normalized spacial score (nSPS) is 22.3. The summed E-state index contributed by atoms with van der Waals surface area (Å²) < 4.78 is 62.6. The minimum atomic E-state index is -4.33. The molecule has 2 rings (SSSR count). The van der Waals surface area contributed by atoms with E-state index >= 15 is 0 Å². The monoisotopic (exact) mass is 385 g/mol. The predicted molar refractivity (Wildman–Crippen MR) is 77.8 cm³/mol. The molecule has 1 N–H and O–H groups in total. The Morgan fingerprint density at radius 2 is 1.95 bits per heavy atom. The molecule has 3 nitrogen and oxygen atoms in total. The highest BCUT2D eigenvalue weighted by molar-refractivity contribution is 9.09. The van der Waals surface area contributed by atoms with E-state index in [0.717, 1.165) is 11.1 Å². The Bertz CT molecular complexity index is 604. The number of halogens is 4. The van der Waals surface area contributed by atoms with Crippen molar-refractivity contribution in [1.29, 1.82) is 0 Å². The first-order valence-corrected chi connectivity index (χ1v) is 9.03. The maximum Gasteiger partial charge on any atom is 0.389 e. The van der Waals surface area contributed by atoms with Gasteiger partial charge in [0.05, 0.1) is 11.8 Å². The molecule has 0 aromatic heterocycles. The number of alkyl halides is 4. The van der Waals surface area contributed by atoms with Gasteiger partial charge >= 0.3 is 6.18 Å². The first-order valence-electron chi connectivity index (χ1n) is 6.46. The molecular formula is C13H15BrF3NO2S. The van der Waals surface area contributed by atoms with Crippen molar-refractivity contribution in [1.82, 2.24) is 4.72 Å². The van der Waals surface area contributed by atoms with Crippen LogP contribution in [0.2, 0.25) is 0 Å². The maximum absolute atomic E-state index is 12.1. The molecule has 0 amide bonds. The third kappa shape index (κ3) is 4.69. The highest BCUT2D eigenvalue weighted by Crippen LogP contribution is 2.36. The van der Waals surface area contributed by atoms with E-state index in [1.165, 1.54) is 0 Å². The van der Waals surface area contributed by atoms with Gasteiger partial charge in [0.2, 0.25) is 10.0 Å². The Morgan fingerprint density at radius 3 is 2.62 bits per heavy atom. The summed E-state index contributed by atoms with van der Waals surface area (Å²) in [4.78, 5) is -0.0905. The van der Waals surface area contributed by atoms with E-state index in [1.54, 1.807) is 0 Å². The summed E-state index contributed by atoms with van der Waals surface area (Å²) in [6.45, 7) is 0. The van der Waals surface area contributed by atoms with Gasteiger partial charge in [0.15, 0.2) is 0 Å².